The fraction of sp³-hybridized carbons (Fsp3) is 0.571. The van der Waals surface area contributed by atoms with E-state index in [-0.39, 0.29) is 6.04 Å². The van der Waals surface area contributed by atoms with E-state index in [0.29, 0.717) is 30.3 Å². The molecule has 1 aliphatic heterocycles. The smallest absolute Gasteiger partial charge is 0.150 e. The number of sulfone groups is 1. The van der Waals surface area contributed by atoms with E-state index in [0.717, 1.165) is 11.3 Å². The molecule has 0 amide bonds. The van der Waals surface area contributed by atoms with Crippen molar-refractivity contribution in [2.24, 2.45) is 5.92 Å². The van der Waals surface area contributed by atoms with Gasteiger partial charge in [-0.05, 0) is 31.9 Å². The molecule has 1 fully saturated rings. The van der Waals surface area contributed by atoms with Crippen LogP contribution in [0.15, 0.2) is 24.3 Å². The maximum absolute atomic E-state index is 11.5. The van der Waals surface area contributed by atoms with Crippen molar-refractivity contribution in [3.05, 3.63) is 29.8 Å². The first kappa shape index (κ1) is 14.3. The number of hydrogen-bond acceptors (Lipinski definition) is 4. The first-order valence-corrected chi connectivity index (χ1v) is 8.40. The van der Waals surface area contributed by atoms with Gasteiger partial charge in [0.2, 0.25) is 0 Å². The second-order valence-electron chi connectivity index (χ2n) is 5.00. The van der Waals surface area contributed by atoms with E-state index in [9.17, 15) is 8.42 Å². The Labute approximate surface area is 115 Å². The van der Waals surface area contributed by atoms with Crippen molar-refractivity contribution in [1.29, 1.82) is 0 Å². The van der Waals surface area contributed by atoms with Crippen molar-refractivity contribution >= 4 is 9.84 Å². The maximum Gasteiger partial charge on any atom is 0.150 e. The van der Waals surface area contributed by atoms with Crippen molar-refractivity contribution in [1.82, 2.24) is 5.32 Å². The van der Waals surface area contributed by atoms with Crippen molar-refractivity contribution in [3.63, 3.8) is 0 Å². The largest absolute Gasteiger partial charge is 0.496 e. The summed E-state index contributed by atoms with van der Waals surface area (Å²) in [7, 11) is 0.766. The molecule has 1 heterocycles. The van der Waals surface area contributed by atoms with E-state index < -0.39 is 9.84 Å². The molecule has 1 aliphatic rings. The Hall–Kier alpha value is -1.07. The van der Waals surface area contributed by atoms with Crippen molar-refractivity contribution < 1.29 is 13.2 Å². The number of methoxy groups -OCH3 is 1. The summed E-state index contributed by atoms with van der Waals surface area (Å²) in [6, 6.07) is 8.07. The molecule has 0 spiro atoms. The molecule has 0 saturated carbocycles. The summed E-state index contributed by atoms with van der Waals surface area (Å²) in [5.41, 5.74) is 1.11. The van der Waals surface area contributed by atoms with Crippen LogP contribution in [0.4, 0.5) is 0 Å². The van der Waals surface area contributed by atoms with Crippen LogP contribution in [0.5, 0.6) is 5.75 Å². The van der Waals surface area contributed by atoms with Crippen LogP contribution in [0, 0.1) is 5.92 Å². The summed E-state index contributed by atoms with van der Waals surface area (Å²) in [5.74, 6) is 1.79. The molecular formula is C14H21NO3S. The molecule has 1 saturated heterocycles. The van der Waals surface area contributed by atoms with E-state index in [4.69, 9.17) is 4.74 Å². The summed E-state index contributed by atoms with van der Waals surface area (Å²) in [5, 5.41) is 3.32. The Morgan fingerprint density at radius 3 is 2.47 bits per heavy atom. The molecule has 1 atom stereocenters. The predicted molar refractivity (Wildman–Crippen MR) is 76.2 cm³/mol. The Morgan fingerprint density at radius 1 is 1.26 bits per heavy atom. The number of benzene rings is 1. The quantitative estimate of drug-likeness (QED) is 0.915. The zero-order chi connectivity index (χ0) is 13.9. The minimum absolute atomic E-state index is 0.145. The maximum atomic E-state index is 11.5. The molecule has 0 radical (unpaired) electrons. The summed E-state index contributed by atoms with van der Waals surface area (Å²) < 4.78 is 28.4. The molecule has 2 rings (SSSR count). The fourth-order valence-electron chi connectivity index (χ4n) is 2.81. The van der Waals surface area contributed by atoms with Crippen molar-refractivity contribution in [2.45, 2.75) is 18.9 Å². The summed E-state index contributed by atoms with van der Waals surface area (Å²) in [6.07, 6.45) is 1.43. The lowest BCUT2D eigenvalue weighted by molar-refractivity contribution is 0.333. The van der Waals surface area contributed by atoms with E-state index in [1.165, 1.54) is 0 Å². The van der Waals surface area contributed by atoms with Gasteiger partial charge >= 0.3 is 0 Å². The number of rotatable bonds is 4. The average molecular weight is 283 g/mol. The Bertz CT molecular complexity index is 513. The summed E-state index contributed by atoms with van der Waals surface area (Å²) in [6.45, 7) is 0. The molecule has 0 bridgehead atoms. The van der Waals surface area contributed by atoms with Crippen molar-refractivity contribution in [2.75, 3.05) is 25.7 Å². The molecule has 0 aromatic heterocycles. The average Bonchev–Trinajstić information content (AvgIpc) is 2.42. The third kappa shape index (κ3) is 3.28. The van der Waals surface area contributed by atoms with Crippen LogP contribution in [0.3, 0.4) is 0 Å². The second kappa shape index (κ2) is 5.92. The highest BCUT2D eigenvalue weighted by Crippen LogP contribution is 2.35. The topological polar surface area (TPSA) is 55.4 Å². The van der Waals surface area contributed by atoms with Gasteiger partial charge in [0.1, 0.15) is 15.6 Å². The van der Waals surface area contributed by atoms with Gasteiger partial charge in [0.25, 0.3) is 0 Å². The monoisotopic (exact) mass is 283 g/mol. The third-order valence-electron chi connectivity index (χ3n) is 3.86. The normalized spacial score (nSPS) is 20.9. The molecule has 5 heteroatoms. The van der Waals surface area contributed by atoms with E-state index in [1.807, 2.05) is 31.3 Å². The van der Waals surface area contributed by atoms with Crippen LogP contribution < -0.4 is 10.1 Å². The van der Waals surface area contributed by atoms with Gasteiger partial charge in [-0.2, -0.15) is 0 Å². The van der Waals surface area contributed by atoms with E-state index >= 15 is 0 Å². The SMILES string of the molecule is CNC(c1ccccc1OC)C1CCS(=O)(=O)CC1. The lowest BCUT2D eigenvalue weighted by Gasteiger charge is -2.31. The number of para-hydroxylation sites is 1. The van der Waals surface area contributed by atoms with Crippen LogP contribution in [0.2, 0.25) is 0 Å². The first-order chi connectivity index (χ1) is 9.07. The summed E-state index contributed by atoms with van der Waals surface area (Å²) in [4.78, 5) is 0. The van der Waals surface area contributed by atoms with Gasteiger partial charge in [0, 0.05) is 11.6 Å². The molecule has 1 N–H and O–H groups in total. The van der Waals surface area contributed by atoms with Crippen LogP contribution in [-0.2, 0) is 9.84 Å². The minimum atomic E-state index is -2.81. The number of nitrogens with one attached hydrogen (secondary N) is 1. The molecule has 4 nitrogen and oxygen atoms in total. The highest BCUT2D eigenvalue weighted by Gasteiger charge is 2.30. The molecule has 0 aliphatic carbocycles. The Kier molecular flexibility index (Phi) is 4.47. The molecule has 19 heavy (non-hydrogen) atoms. The van der Waals surface area contributed by atoms with Gasteiger partial charge < -0.3 is 10.1 Å². The van der Waals surface area contributed by atoms with Gasteiger partial charge in [0.15, 0.2) is 0 Å². The van der Waals surface area contributed by atoms with Gasteiger partial charge in [0.05, 0.1) is 18.6 Å². The lowest BCUT2D eigenvalue weighted by Crippen LogP contribution is -2.32. The van der Waals surface area contributed by atoms with Crippen LogP contribution in [0.25, 0.3) is 0 Å². The second-order valence-corrected chi connectivity index (χ2v) is 7.30. The number of ether oxygens (including phenoxy) is 1. The highest BCUT2D eigenvalue weighted by molar-refractivity contribution is 7.91. The first-order valence-electron chi connectivity index (χ1n) is 6.58. The van der Waals surface area contributed by atoms with Gasteiger partial charge in [-0.15, -0.1) is 0 Å². The highest BCUT2D eigenvalue weighted by atomic mass is 32.2. The zero-order valence-electron chi connectivity index (χ0n) is 11.4. The van der Waals surface area contributed by atoms with Gasteiger partial charge in [-0.25, -0.2) is 8.42 Å². The molecular weight excluding hydrogens is 262 g/mol. The number of hydrogen-bond donors (Lipinski definition) is 1. The van der Waals surface area contributed by atoms with Crippen LogP contribution >= 0.6 is 0 Å². The van der Waals surface area contributed by atoms with Crippen molar-refractivity contribution in [3.8, 4) is 5.75 Å². The van der Waals surface area contributed by atoms with E-state index in [1.54, 1.807) is 7.11 Å². The summed E-state index contributed by atoms with van der Waals surface area (Å²) >= 11 is 0. The lowest BCUT2D eigenvalue weighted by atomic mass is 9.88. The third-order valence-corrected chi connectivity index (χ3v) is 5.57. The predicted octanol–water partition coefficient (Wildman–Crippen LogP) is 1.78. The standard InChI is InChI=1S/C14H21NO3S/c1-15-14(11-7-9-19(16,17)10-8-11)12-5-3-4-6-13(12)18-2/h3-6,11,14-15H,7-10H2,1-2H3. The van der Waals surface area contributed by atoms with Crippen LogP contribution in [0.1, 0.15) is 24.4 Å². The Balaban J connectivity index is 2.21. The fourth-order valence-corrected chi connectivity index (χ4v) is 4.34. The van der Waals surface area contributed by atoms with Gasteiger partial charge in [-0.3, -0.25) is 0 Å². The van der Waals surface area contributed by atoms with Crippen LogP contribution in [-0.4, -0.2) is 34.1 Å². The molecule has 1 aromatic rings. The Morgan fingerprint density at radius 2 is 1.89 bits per heavy atom. The van der Waals surface area contributed by atoms with Gasteiger partial charge in [-0.1, -0.05) is 18.2 Å². The molecule has 106 valence electrons. The molecule has 1 aromatic carbocycles. The van der Waals surface area contributed by atoms with E-state index in [2.05, 4.69) is 5.32 Å². The minimum Gasteiger partial charge on any atom is -0.496 e. The molecule has 1 unspecified atom stereocenters. The zero-order valence-corrected chi connectivity index (χ0v) is 12.2.